The van der Waals surface area contributed by atoms with Crippen LogP contribution in [0.1, 0.15) is 41.4 Å². The van der Waals surface area contributed by atoms with Gasteiger partial charge in [0.15, 0.2) is 0 Å². The van der Waals surface area contributed by atoms with Gasteiger partial charge in [-0.25, -0.2) is 4.79 Å². The lowest BCUT2D eigenvalue weighted by Crippen LogP contribution is -2.42. The number of hydrogen-bond acceptors (Lipinski definition) is 5. The Morgan fingerprint density at radius 1 is 1.30 bits per heavy atom. The molecule has 0 saturated carbocycles. The zero-order valence-corrected chi connectivity index (χ0v) is 16.5. The molecule has 1 aromatic carbocycles. The van der Waals surface area contributed by atoms with Crippen molar-refractivity contribution in [3.05, 3.63) is 45.1 Å². The summed E-state index contributed by atoms with van der Waals surface area (Å²) in [5, 5.41) is 4.37. The molecule has 1 atom stereocenters. The molecule has 1 N–H and O–H groups in total. The Bertz CT molecular complexity index is 1050. The molecule has 5 nitrogen and oxygen atoms in total. The van der Waals surface area contributed by atoms with Crippen molar-refractivity contribution in [2.75, 3.05) is 19.6 Å². The van der Waals surface area contributed by atoms with Crippen LogP contribution in [0.15, 0.2) is 33.5 Å². The Balaban J connectivity index is 1.54. The highest BCUT2D eigenvalue weighted by atomic mass is 32.1. The zero-order valence-electron chi connectivity index (χ0n) is 15.7. The predicted molar refractivity (Wildman–Crippen MR) is 110 cm³/mol. The summed E-state index contributed by atoms with van der Waals surface area (Å²) in [5.74, 6) is -0.124. The largest absolute Gasteiger partial charge is 0.422 e. The number of nitrogens with one attached hydrogen (secondary N) is 1. The van der Waals surface area contributed by atoms with Gasteiger partial charge in [0.1, 0.15) is 5.58 Å². The van der Waals surface area contributed by atoms with Crippen molar-refractivity contribution in [2.24, 2.45) is 0 Å². The van der Waals surface area contributed by atoms with E-state index < -0.39 is 5.63 Å². The first kappa shape index (κ1) is 18.2. The first-order chi connectivity index (χ1) is 13.0. The van der Waals surface area contributed by atoms with Crippen LogP contribution in [0.3, 0.4) is 0 Å². The molecule has 27 heavy (non-hydrogen) atoms. The highest BCUT2D eigenvalue weighted by Crippen LogP contribution is 2.31. The van der Waals surface area contributed by atoms with Crippen LogP contribution < -0.4 is 10.9 Å². The molecule has 0 aliphatic carbocycles. The summed E-state index contributed by atoms with van der Waals surface area (Å²) in [5.41, 5.74) is 1.26. The van der Waals surface area contributed by atoms with Gasteiger partial charge < -0.3 is 9.73 Å². The van der Waals surface area contributed by atoms with E-state index in [1.54, 1.807) is 6.07 Å². The standard InChI is InChI=1S/C21H24N2O3S/c1-13-6-7-17-15(11-13)19-16(21(25)26-17)12-18(27-19)20(24)22-8-10-23-9-4-3-5-14(23)2/h6-7,11-12,14H,3-5,8-10H2,1-2H3,(H,22,24)/t14-/m0/s1. The third-order valence-electron chi connectivity index (χ3n) is 5.38. The zero-order chi connectivity index (χ0) is 19.0. The Kier molecular flexibility index (Phi) is 5.02. The summed E-state index contributed by atoms with van der Waals surface area (Å²) in [6.07, 6.45) is 3.76. The fourth-order valence-electron chi connectivity index (χ4n) is 3.81. The van der Waals surface area contributed by atoms with Gasteiger partial charge >= 0.3 is 5.63 Å². The van der Waals surface area contributed by atoms with Gasteiger partial charge in [-0.15, -0.1) is 11.3 Å². The average Bonchev–Trinajstić information content (AvgIpc) is 3.10. The van der Waals surface area contributed by atoms with Crippen LogP contribution in [0.4, 0.5) is 0 Å². The molecular formula is C21H24N2O3S. The Hall–Kier alpha value is -2.18. The average molecular weight is 385 g/mol. The minimum absolute atomic E-state index is 0.124. The number of carbonyl (C=O) groups is 1. The van der Waals surface area contributed by atoms with E-state index in [1.165, 1.54) is 30.6 Å². The van der Waals surface area contributed by atoms with E-state index in [9.17, 15) is 9.59 Å². The smallest absolute Gasteiger partial charge is 0.345 e. The minimum Gasteiger partial charge on any atom is -0.422 e. The Morgan fingerprint density at radius 3 is 2.96 bits per heavy atom. The molecule has 0 radical (unpaired) electrons. The molecule has 0 spiro atoms. The molecule has 2 aromatic heterocycles. The lowest BCUT2D eigenvalue weighted by atomic mass is 10.0. The second-order valence-corrected chi connectivity index (χ2v) is 8.43. The fourth-order valence-corrected chi connectivity index (χ4v) is 4.89. The summed E-state index contributed by atoms with van der Waals surface area (Å²) < 4.78 is 6.23. The molecule has 1 amide bonds. The van der Waals surface area contributed by atoms with Crippen molar-refractivity contribution in [1.82, 2.24) is 10.2 Å². The molecular weight excluding hydrogens is 360 g/mol. The fraction of sp³-hybridized carbons (Fsp3) is 0.429. The SMILES string of the molecule is Cc1ccc2oc(=O)c3cc(C(=O)NCCN4CCCC[C@@H]4C)sc3c2c1. The van der Waals surface area contributed by atoms with Crippen molar-refractivity contribution in [3.63, 3.8) is 0 Å². The normalized spacial score (nSPS) is 18.2. The summed E-state index contributed by atoms with van der Waals surface area (Å²) >= 11 is 1.36. The van der Waals surface area contributed by atoms with Crippen LogP contribution >= 0.6 is 11.3 Å². The third-order valence-corrected chi connectivity index (χ3v) is 6.55. The van der Waals surface area contributed by atoms with Crippen molar-refractivity contribution in [3.8, 4) is 0 Å². The summed E-state index contributed by atoms with van der Waals surface area (Å²) in [4.78, 5) is 27.9. The molecule has 142 valence electrons. The van der Waals surface area contributed by atoms with E-state index in [1.807, 2.05) is 25.1 Å². The van der Waals surface area contributed by atoms with Gasteiger partial charge in [0, 0.05) is 24.5 Å². The minimum atomic E-state index is -0.390. The molecule has 3 heterocycles. The second kappa shape index (κ2) is 7.44. The van der Waals surface area contributed by atoms with Crippen LogP contribution in [0.5, 0.6) is 0 Å². The highest BCUT2D eigenvalue weighted by Gasteiger charge is 2.19. The number of rotatable bonds is 4. The van der Waals surface area contributed by atoms with Crippen LogP contribution in [-0.4, -0.2) is 36.5 Å². The maximum absolute atomic E-state index is 12.6. The van der Waals surface area contributed by atoms with Gasteiger partial charge in [0.05, 0.1) is 15.0 Å². The second-order valence-electron chi connectivity index (χ2n) is 7.38. The number of thiophene rings is 1. The molecule has 1 aliphatic rings. The van der Waals surface area contributed by atoms with Gasteiger partial charge in [0.2, 0.25) is 0 Å². The van der Waals surface area contributed by atoms with E-state index in [4.69, 9.17) is 4.42 Å². The number of hydrogen-bond donors (Lipinski definition) is 1. The number of piperidine rings is 1. The van der Waals surface area contributed by atoms with E-state index >= 15 is 0 Å². The number of aryl methyl sites for hydroxylation is 1. The van der Waals surface area contributed by atoms with Crippen molar-refractivity contribution in [2.45, 2.75) is 39.2 Å². The number of fused-ring (bicyclic) bond motifs is 3. The number of carbonyl (C=O) groups excluding carboxylic acids is 1. The summed E-state index contributed by atoms with van der Waals surface area (Å²) in [6, 6.07) is 7.97. The van der Waals surface area contributed by atoms with Crippen molar-refractivity contribution < 1.29 is 9.21 Å². The number of likely N-dealkylation sites (tertiary alicyclic amines) is 1. The van der Waals surface area contributed by atoms with Crippen molar-refractivity contribution >= 4 is 38.3 Å². The lowest BCUT2D eigenvalue weighted by molar-refractivity contribution is 0.0942. The molecule has 0 bridgehead atoms. The van der Waals surface area contributed by atoms with E-state index in [0.29, 0.717) is 28.4 Å². The van der Waals surface area contributed by atoms with Gasteiger partial charge in [-0.05, 0) is 51.4 Å². The van der Waals surface area contributed by atoms with E-state index in [-0.39, 0.29) is 5.91 Å². The first-order valence-corrected chi connectivity index (χ1v) is 10.3. The van der Waals surface area contributed by atoms with E-state index in [2.05, 4.69) is 17.1 Å². The van der Waals surface area contributed by atoms with Gasteiger partial charge in [-0.2, -0.15) is 0 Å². The third kappa shape index (κ3) is 3.64. The van der Waals surface area contributed by atoms with Gasteiger partial charge in [0.25, 0.3) is 5.91 Å². The quantitative estimate of drug-likeness (QED) is 0.693. The molecule has 1 saturated heterocycles. The van der Waals surface area contributed by atoms with Crippen LogP contribution in [0, 0.1) is 6.92 Å². The van der Waals surface area contributed by atoms with Gasteiger partial charge in [-0.1, -0.05) is 18.1 Å². The van der Waals surface area contributed by atoms with E-state index in [0.717, 1.165) is 28.7 Å². The molecule has 3 aromatic rings. The van der Waals surface area contributed by atoms with Crippen LogP contribution in [0.2, 0.25) is 0 Å². The maximum atomic E-state index is 12.6. The highest BCUT2D eigenvalue weighted by molar-refractivity contribution is 7.21. The lowest BCUT2D eigenvalue weighted by Gasteiger charge is -2.33. The molecule has 1 fully saturated rings. The molecule has 4 rings (SSSR count). The monoisotopic (exact) mass is 384 g/mol. The topological polar surface area (TPSA) is 62.6 Å². The maximum Gasteiger partial charge on any atom is 0.345 e. The summed E-state index contributed by atoms with van der Waals surface area (Å²) in [7, 11) is 0. The van der Waals surface area contributed by atoms with Crippen LogP contribution in [0.25, 0.3) is 21.1 Å². The predicted octanol–water partition coefficient (Wildman–Crippen LogP) is 3.92. The molecule has 0 unspecified atom stereocenters. The molecule has 1 aliphatic heterocycles. The van der Waals surface area contributed by atoms with Gasteiger partial charge in [-0.3, -0.25) is 9.69 Å². The Morgan fingerprint density at radius 2 is 2.15 bits per heavy atom. The number of benzene rings is 1. The Labute approximate surface area is 162 Å². The van der Waals surface area contributed by atoms with Crippen LogP contribution in [-0.2, 0) is 0 Å². The summed E-state index contributed by atoms with van der Waals surface area (Å²) in [6.45, 7) is 6.83. The number of nitrogens with zero attached hydrogens (tertiary/aromatic N) is 1. The van der Waals surface area contributed by atoms with Crippen molar-refractivity contribution in [1.29, 1.82) is 0 Å². The molecule has 6 heteroatoms. The number of amides is 1. The first-order valence-electron chi connectivity index (χ1n) is 9.52.